The second-order valence-corrected chi connectivity index (χ2v) is 19.1. The van der Waals surface area contributed by atoms with Crippen molar-refractivity contribution in [3.63, 3.8) is 0 Å². The van der Waals surface area contributed by atoms with Crippen LogP contribution in [0, 0.1) is 0 Å². The van der Waals surface area contributed by atoms with E-state index >= 15 is 0 Å². The van der Waals surface area contributed by atoms with Crippen molar-refractivity contribution in [1.82, 2.24) is 0 Å². The Morgan fingerprint density at radius 3 is 1.00 bits per heavy atom. The molecule has 5 aliphatic rings. The van der Waals surface area contributed by atoms with Crippen molar-refractivity contribution in [3.05, 3.63) is 202 Å². The summed E-state index contributed by atoms with van der Waals surface area (Å²) in [5.74, 6) is 0. The Morgan fingerprint density at radius 1 is 0.246 bits per heavy atom. The molecule has 57 heavy (non-hydrogen) atoms. The van der Waals surface area contributed by atoms with Crippen LogP contribution in [0.1, 0.15) is 22.3 Å². The molecule has 0 unspecified atom stereocenters. The summed E-state index contributed by atoms with van der Waals surface area (Å²) in [5.41, 5.74) is 13.3. The second-order valence-electron chi connectivity index (χ2n) is 12.7. The molecule has 8 bridgehead atoms. The zero-order chi connectivity index (χ0) is 38.8. The van der Waals surface area contributed by atoms with Gasteiger partial charge in [0.05, 0.1) is 81.5 Å². The van der Waals surface area contributed by atoms with E-state index in [4.69, 9.17) is 20.0 Å². The molecule has 0 aromatic heterocycles. The molecule has 4 aromatic carbocycles. The first-order valence-corrected chi connectivity index (χ1v) is 23.3. The van der Waals surface area contributed by atoms with Crippen molar-refractivity contribution >= 4 is 173 Å². The number of hydrogen-bond acceptors (Lipinski definition) is 4. The first-order chi connectivity index (χ1) is 27.2. The summed E-state index contributed by atoms with van der Waals surface area (Å²) in [6.45, 7) is 0. The van der Waals surface area contributed by atoms with E-state index < -0.39 is 0 Å². The summed E-state index contributed by atoms with van der Waals surface area (Å²) in [7, 11) is 0. The van der Waals surface area contributed by atoms with Crippen molar-refractivity contribution in [1.29, 1.82) is 0 Å². The Balaban J connectivity index is 0.00000455. The molecule has 0 saturated heterocycles. The number of fused-ring (bicyclic) bond motifs is 4. The van der Waals surface area contributed by atoms with Crippen molar-refractivity contribution in [3.8, 4) is 0 Å². The Hall–Kier alpha value is -2.16. The Kier molecular flexibility index (Phi) is 12.4. The molecule has 0 amide bonds. The number of aliphatic imine (C=N–C) groups is 4. The van der Waals surface area contributed by atoms with Crippen LogP contribution in [0.25, 0.3) is 22.3 Å². The van der Waals surface area contributed by atoms with Gasteiger partial charge in [-0.2, -0.15) is 0 Å². The topological polar surface area (TPSA) is 49.4 Å². The van der Waals surface area contributed by atoms with Crippen molar-refractivity contribution in [2.24, 2.45) is 20.0 Å². The maximum Gasteiger partial charge on any atom is 0.0956 e. The van der Waals surface area contributed by atoms with E-state index in [0.29, 0.717) is 42.0 Å². The van der Waals surface area contributed by atoms with E-state index in [1.165, 1.54) is 0 Å². The molecule has 13 heteroatoms. The minimum absolute atomic E-state index is 0. The number of allylic oxidation sites excluding steroid dienone is 12. The van der Waals surface area contributed by atoms with E-state index in [-0.39, 0.29) is 17.1 Å². The summed E-state index contributed by atoms with van der Waals surface area (Å²) in [6, 6.07) is 41.6. The van der Waals surface area contributed by atoms with Crippen LogP contribution in [0.3, 0.4) is 0 Å². The van der Waals surface area contributed by atoms with Gasteiger partial charge in [-0.1, -0.05) is 121 Å². The van der Waals surface area contributed by atoms with E-state index in [2.05, 4.69) is 212 Å². The maximum atomic E-state index is 5.69. The molecule has 0 fully saturated rings. The quantitative estimate of drug-likeness (QED) is 0.183. The summed E-state index contributed by atoms with van der Waals surface area (Å²) < 4.78 is 5.98. The van der Waals surface area contributed by atoms with E-state index in [1.54, 1.807) is 0 Å². The SMILES string of the molecule is BrC1=C(Br)C2=C(Br)C3=NC(=C(Br)C4=NC(=C(c5ccccc5)C5=NC(=C(Br)C1=N2)C(Br)=C5c1ccccc1)C(c1ccccc1)=C4c1ccccc1)C(Br)=C3Br.[Cu]. The van der Waals surface area contributed by atoms with Gasteiger partial charge >= 0.3 is 0 Å². The van der Waals surface area contributed by atoms with Crippen LogP contribution in [-0.4, -0.2) is 22.8 Å². The van der Waals surface area contributed by atoms with Crippen LogP contribution in [0.5, 0.6) is 0 Å². The Bertz CT molecular complexity index is 2820. The smallest absolute Gasteiger partial charge is 0.0956 e. The molecule has 0 atom stereocenters. The van der Waals surface area contributed by atoms with E-state index in [1.807, 2.05) is 36.4 Å². The van der Waals surface area contributed by atoms with Crippen LogP contribution in [0.15, 0.2) is 200 Å². The van der Waals surface area contributed by atoms with Gasteiger partial charge in [-0.15, -0.1) is 0 Å². The molecule has 9 rings (SSSR count). The van der Waals surface area contributed by atoms with Gasteiger partial charge in [0.2, 0.25) is 0 Å². The molecule has 4 nitrogen and oxygen atoms in total. The molecule has 4 aromatic rings. The van der Waals surface area contributed by atoms with Gasteiger partial charge in [0.15, 0.2) is 0 Å². The fraction of sp³-hybridized carbons (Fsp3) is 0. The number of benzene rings is 4. The monoisotopic (exact) mass is 1300 g/mol. The molecule has 5 heterocycles. The average molecular weight is 1310 g/mol. The van der Waals surface area contributed by atoms with Crippen molar-refractivity contribution < 1.29 is 17.1 Å². The molecule has 1 radical (unpaired) electrons. The predicted octanol–water partition coefficient (Wildman–Crippen LogP) is 15.5. The summed E-state index contributed by atoms with van der Waals surface area (Å²) >= 11 is 31.4. The molecule has 283 valence electrons. The van der Waals surface area contributed by atoms with Gasteiger partial charge in [0.25, 0.3) is 0 Å². The third-order valence-corrected chi connectivity index (χ3v) is 16.6. The number of hydrogen-bond donors (Lipinski definition) is 0. The summed E-state index contributed by atoms with van der Waals surface area (Å²) in [4.78, 5) is 21.6. The zero-order valence-corrected chi connectivity index (χ0v) is 42.3. The third-order valence-electron chi connectivity index (χ3n) is 9.47. The fourth-order valence-electron chi connectivity index (χ4n) is 6.95. The normalized spacial score (nSPS) is 18.2. The molecule has 5 aliphatic heterocycles. The minimum Gasteiger partial charge on any atom is -0.246 e. The van der Waals surface area contributed by atoms with Gasteiger partial charge in [-0.05, 0) is 150 Å². The van der Waals surface area contributed by atoms with Crippen LogP contribution >= 0.6 is 127 Å². The maximum absolute atomic E-state index is 5.69. The summed E-state index contributed by atoms with van der Waals surface area (Å²) in [5, 5.41) is 0. The van der Waals surface area contributed by atoms with Crippen LogP contribution < -0.4 is 0 Å². The van der Waals surface area contributed by atoms with Crippen LogP contribution in [0.2, 0.25) is 0 Å². The third kappa shape index (κ3) is 7.19. The Labute approximate surface area is 406 Å². The molecule has 0 saturated carbocycles. The van der Waals surface area contributed by atoms with Gasteiger partial charge in [-0.25, -0.2) is 20.0 Å². The largest absolute Gasteiger partial charge is 0.246 e. The molecule has 0 spiro atoms. The van der Waals surface area contributed by atoms with E-state index in [0.717, 1.165) is 84.1 Å². The average Bonchev–Trinajstić information content (AvgIpc) is 3.96. The molecule has 0 aliphatic carbocycles. The Morgan fingerprint density at radius 2 is 0.561 bits per heavy atom. The fourth-order valence-corrected chi connectivity index (χ4v) is 12.6. The van der Waals surface area contributed by atoms with Crippen molar-refractivity contribution in [2.75, 3.05) is 0 Å². The summed E-state index contributed by atoms with van der Waals surface area (Å²) in [6.07, 6.45) is 0. The minimum atomic E-state index is 0. The van der Waals surface area contributed by atoms with Gasteiger partial charge in [0, 0.05) is 39.4 Å². The van der Waals surface area contributed by atoms with Gasteiger partial charge in [0.1, 0.15) is 0 Å². The molecular formula is C44H20Br8CuN4. The zero-order valence-electron chi connectivity index (χ0n) is 28.7. The first-order valence-electron chi connectivity index (χ1n) is 16.9. The number of rotatable bonds is 4. The molecular weight excluding hydrogens is 1290 g/mol. The number of halogens is 8. The predicted molar refractivity (Wildman–Crippen MR) is 263 cm³/mol. The molecule has 0 N–H and O–H groups in total. The standard InChI is InChI=1S/C44H20Br8N4.Cu/c45-29-27(23-17-9-3-10-18-23)38-28(24-19-11-4-12-20-24)37-25(21-13-5-1-6-14-21)26(22-15-7-2-8-16-22)39(53-37)34(50)41-30(46)31(47)43(55-41)36(52)44-33(49)32(48)42(56-44)35(51)40(29)54-38;/h1-20H;. The van der Waals surface area contributed by atoms with Crippen LogP contribution in [-0.2, 0) is 17.1 Å². The van der Waals surface area contributed by atoms with Crippen molar-refractivity contribution in [2.45, 2.75) is 0 Å². The second kappa shape index (κ2) is 17.1. The van der Waals surface area contributed by atoms with E-state index in [9.17, 15) is 0 Å². The van der Waals surface area contributed by atoms with Gasteiger partial charge < -0.3 is 0 Å². The van der Waals surface area contributed by atoms with Crippen LogP contribution in [0.4, 0.5) is 0 Å². The number of nitrogens with zero attached hydrogens (tertiary/aromatic N) is 4. The first kappa shape index (κ1) is 41.6. The van der Waals surface area contributed by atoms with Gasteiger partial charge in [-0.3, -0.25) is 0 Å².